The molecular weight excluding hydrogens is 336 g/mol. The van der Waals surface area contributed by atoms with Gasteiger partial charge >= 0.3 is 5.97 Å². The predicted molar refractivity (Wildman–Crippen MR) is 102 cm³/mol. The molecule has 0 radical (unpaired) electrons. The van der Waals surface area contributed by atoms with Crippen molar-refractivity contribution in [1.29, 1.82) is 0 Å². The number of anilines is 1. The highest BCUT2D eigenvalue weighted by atomic mass is 32.2. The van der Waals surface area contributed by atoms with Crippen LogP contribution in [0, 0.1) is 13.8 Å². The van der Waals surface area contributed by atoms with Gasteiger partial charge in [0.1, 0.15) is 0 Å². The smallest absolute Gasteiger partial charge is 0.340 e. The lowest BCUT2D eigenvalue weighted by Gasteiger charge is -2.14. The molecule has 1 atom stereocenters. The molecule has 2 aromatic rings. The highest BCUT2D eigenvalue weighted by Crippen LogP contribution is 2.23. The number of aromatic amines is 1. The molecule has 0 saturated carbocycles. The molecule has 0 fully saturated rings. The van der Waals surface area contributed by atoms with Gasteiger partial charge in [0.25, 0.3) is 0 Å². The Labute approximate surface area is 152 Å². The summed E-state index contributed by atoms with van der Waals surface area (Å²) in [6, 6.07) is 7.48. The fourth-order valence-corrected chi connectivity index (χ4v) is 3.21. The maximum absolute atomic E-state index is 12.8. The van der Waals surface area contributed by atoms with E-state index in [-0.39, 0.29) is 5.78 Å². The van der Waals surface area contributed by atoms with Crippen LogP contribution in [0.5, 0.6) is 0 Å². The maximum atomic E-state index is 12.8. The molecule has 6 heteroatoms. The van der Waals surface area contributed by atoms with Gasteiger partial charge in [-0.05, 0) is 57.7 Å². The summed E-state index contributed by atoms with van der Waals surface area (Å²) in [7, 11) is 0. The second-order valence-corrected chi connectivity index (χ2v) is 6.69. The number of nitrogens with one attached hydrogen (secondary N) is 2. The number of aromatic nitrogens is 1. The van der Waals surface area contributed by atoms with E-state index in [2.05, 4.69) is 10.3 Å². The first-order valence-corrected chi connectivity index (χ1v) is 9.42. The van der Waals surface area contributed by atoms with Crippen molar-refractivity contribution >= 4 is 29.2 Å². The molecule has 1 aromatic heterocycles. The number of hydrogen-bond donors (Lipinski definition) is 2. The van der Waals surface area contributed by atoms with E-state index in [1.165, 1.54) is 0 Å². The molecule has 2 N–H and O–H groups in total. The zero-order valence-electron chi connectivity index (χ0n) is 15.2. The van der Waals surface area contributed by atoms with E-state index < -0.39 is 12.0 Å². The van der Waals surface area contributed by atoms with Crippen molar-refractivity contribution in [2.45, 2.75) is 38.6 Å². The number of carbonyl (C=O) groups is 2. The van der Waals surface area contributed by atoms with E-state index in [4.69, 9.17) is 4.74 Å². The molecule has 0 amide bonds. The van der Waals surface area contributed by atoms with Crippen molar-refractivity contribution in [3.05, 3.63) is 46.8 Å². The number of thioether (sulfide) groups is 1. The Morgan fingerprint density at radius 3 is 2.68 bits per heavy atom. The molecule has 1 heterocycles. The van der Waals surface area contributed by atoms with Gasteiger partial charge in [-0.25, -0.2) is 4.79 Å². The van der Waals surface area contributed by atoms with E-state index in [9.17, 15) is 9.59 Å². The minimum atomic E-state index is -0.427. The van der Waals surface area contributed by atoms with Crippen LogP contribution in [0.25, 0.3) is 0 Å². The molecule has 0 saturated heterocycles. The van der Waals surface area contributed by atoms with Gasteiger partial charge in [0.15, 0.2) is 0 Å². The largest absolute Gasteiger partial charge is 0.462 e. The third-order valence-electron chi connectivity index (χ3n) is 4.01. The van der Waals surface area contributed by atoms with Gasteiger partial charge in [0.05, 0.1) is 23.9 Å². The van der Waals surface area contributed by atoms with Crippen molar-refractivity contribution in [2.75, 3.05) is 18.2 Å². The molecule has 0 spiro atoms. The van der Waals surface area contributed by atoms with Gasteiger partial charge in [-0.3, -0.25) is 4.79 Å². The standard InChI is InChI=1S/C19H24N2O3S/c1-6-24-19(23)16-11(2)17(21-12(16)3)18(22)13(4)20-14-8-7-9-15(10-14)25-5/h7-10,13,20-21H,6H2,1-5H3/t13-/m0/s1. The Morgan fingerprint density at radius 2 is 2.04 bits per heavy atom. The highest BCUT2D eigenvalue weighted by Gasteiger charge is 2.25. The fourth-order valence-electron chi connectivity index (χ4n) is 2.75. The molecule has 0 bridgehead atoms. The number of rotatable bonds is 7. The molecule has 0 unspecified atom stereocenters. The first-order chi connectivity index (χ1) is 11.9. The average Bonchev–Trinajstić information content (AvgIpc) is 2.89. The Balaban J connectivity index is 2.22. The Bertz CT molecular complexity index is 783. The van der Waals surface area contributed by atoms with E-state index in [0.717, 1.165) is 10.6 Å². The zero-order valence-corrected chi connectivity index (χ0v) is 16.0. The molecule has 0 aliphatic rings. The molecule has 0 aliphatic carbocycles. The number of hydrogen-bond acceptors (Lipinski definition) is 5. The van der Waals surface area contributed by atoms with Crippen molar-refractivity contribution in [3.8, 4) is 0 Å². The third-order valence-corrected chi connectivity index (χ3v) is 4.73. The van der Waals surface area contributed by atoms with Gasteiger partial charge < -0.3 is 15.0 Å². The van der Waals surface area contributed by atoms with Crippen LogP contribution < -0.4 is 5.32 Å². The summed E-state index contributed by atoms with van der Waals surface area (Å²) in [6.45, 7) is 7.42. The first-order valence-electron chi connectivity index (χ1n) is 8.20. The lowest BCUT2D eigenvalue weighted by atomic mass is 10.0. The maximum Gasteiger partial charge on any atom is 0.340 e. The van der Waals surface area contributed by atoms with Crippen LogP contribution in [0.15, 0.2) is 29.2 Å². The molecule has 2 rings (SSSR count). The summed E-state index contributed by atoms with van der Waals surface area (Å²) in [6.07, 6.45) is 2.01. The van der Waals surface area contributed by atoms with Crippen LogP contribution in [-0.2, 0) is 4.74 Å². The van der Waals surface area contributed by atoms with Crippen LogP contribution in [-0.4, -0.2) is 35.6 Å². The van der Waals surface area contributed by atoms with Gasteiger partial charge in [0.2, 0.25) is 5.78 Å². The van der Waals surface area contributed by atoms with Gasteiger partial charge in [-0.2, -0.15) is 0 Å². The quantitative estimate of drug-likeness (QED) is 0.440. The van der Waals surface area contributed by atoms with Crippen molar-refractivity contribution in [2.24, 2.45) is 0 Å². The summed E-state index contributed by atoms with van der Waals surface area (Å²) in [5.41, 5.74) is 3.06. The fraction of sp³-hybridized carbons (Fsp3) is 0.368. The molecule has 1 aromatic carbocycles. The van der Waals surface area contributed by atoms with Gasteiger partial charge in [0, 0.05) is 16.3 Å². The monoisotopic (exact) mass is 360 g/mol. The van der Waals surface area contributed by atoms with E-state index in [1.807, 2.05) is 37.4 Å². The highest BCUT2D eigenvalue weighted by molar-refractivity contribution is 7.98. The van der Waals surface area contributed by atoms with Crippen LogP contribution in [0.3, 0.4) is 0 Å². The summed E-state index contributed by atoms with van der Waals surface area (Å²) in [4.78, 5) is 29.1. The van der Waals surface area contributed by atoms with Crippen molar-refractivity contribution < 1.29 is 14.3 Å². The van der Waals surface area contributed by atoms with Crippen molar-refractivity contribution in [3.63, 3.8) is 0 Å². The van der Waals surface area contributed by atoms with E-state index >= 15 is 0 Å². The minimum Gasteiger partial charge on any atom is -0.462 e. The summed E-state index contributed by atoms with van der Waals surface area (Å²) in [5, 5.41) is 3.23. The van der Waals surface area contributed by atoms with Gasteiger partial charge in [-0.15, -0.1) is 11.8 Å². The topological polar surface area (TPSA) is 71.2 Å². The Hall–Kier alpha value is -2.21. The Morgan fingerprint density at radius 1 is 1.32 bits per heavy atom. The molecule has 134 valence electrons. The average molecular weight is 360 g/mol. The lowest BCUT2D eigenvalue weighted by molar-refractivity contribution is 0.0525. The van der Waals surface area contributed by atoms with E-state index in [0.29, 0.717) is 29.1 Å². The Kier molecular flexibility index (Phi) is 6.31. The van der Waals surface area contributed by atoms with Crippen LogP contribution >= 0.6 is 11.8 Å². The second-order valence-electron chi connectivity index (χ2n) is 5.81. The third kappa shape index (κ3) is 4.25. The molecule has 5 nitrogen and oxygen atoms in total. The van der Waals surface area contributed by atoms with Crippen molar-refractivity contribution in [1.82, 2.24) is 4.98 Å². The number of benzene rings is 1. The number of H-pyrrole nitrogens is 1. The van der Waals surface area contributed by atoms with Crippen LogP contribution in [0.4, 0.5) is 5.69 Å². The number of ether oxygens (including phenoxy) is 1. The predicted octanol–water partition coefficient (Wildman–Crippen LogP) is 4.21. The normalized spacial score (nSPS) is 11.9. The summed E-state index contributed by atoms with van der Waals surface area (Å²) >= 11 is 1.65. The van der Waals surface area contributed by atoms with Crippen LogP contribution in [0.2, 0.25) is 0 Å². The SMILES string of the molecule is CCOC(=O)c1c(C)[nH]c(C(=O)[C@H](C)Nc2cccc(SC)c2)c1C. The number of carbonyl (C=O) groups excluding carboxylic acids is 2. The van der Waals surface area contributed by atoms with E-state index in [1.54, 1.807) is 32.5 Å². The zero-order chi connectivity index (χ0) is 18.6. The number of ketones is 1. The summed E-state index contributed by atoms with van der Waals surface area (Å²) in [5.74, 6) is -0.494. The molecular formula is C19H24N2O3S. The molecule has 25 heavy (non-hydrogen) atoms. The number of Topliss-reactive ketones (excluding diaryl/α,β-unsaturated/α-hetero) is 1. The van der Waals surface area contributed by atoms with Gasteiger partial charge in [-0.1, -0.05) is 6.07 Å². The number of aryl methyl sites for hydroxylation is 1. The lowest BCUT2D eigenvalue weighted by Crippen LogP contribution is -2.27. The van der Waals surface area contributed by atoms with Crippen LogP contribution in [0.1, 0.15) is 46.0 Å². The number of esters is 1. The summed E-state index contributed by atoms with van der Waals surface area (Å²) < 4.78 is 5.08. The second kappa shape index (κ2) is 8.25. The minimum absolute atomic E-state index is 0.0919. The first kappa shape index (κ1) is 19.1. The molecule has 0 aliphatic heterocycles.